The molecule has 5 nitrogen and oxygen atoms in total. The second-order valence-electron chi connectivity index (χ2n) is 9.73. The highest BCUT2D eigenvalue weighted by Gasteiger charge is 2.36. The van der Waals surface area contributed by atoms with E-state index in [1.807, 2.05) is 0 Å². The normalized spacial score (nSPS) is 24.5. The molecule has 0 spiro atoms. The van der Waals surface area contributed by atoms with Crippen molar-refractivity contribution in [3.8, 4) is 0 Å². The zero-order valence-corrected chi connectivity index (χ0v) is 19.6. The number of rotatable bonds is 9. The van der Waals surface area contributed by atoms with Gasteiger partial charge in [-0.3, -0.25) is 9.45 Å². The zero-order valence-electron chi connectivity index (χ0n) is 18.8. The molecule has 172 valence electrons. The van der Waals surface area contributed by atoms with Crippen molar-refractivity contribution in [3.63, 3.8) is 0 Å². The van der Waals surface area contributed by atoms with Crippen molar-refractivity contribution in [1.29, 1.82) is 0 Å². The summed E-state index contributed by atoms with van der Waals surface area (Å²) in [5, 5.41) is 0. The van der Waals surface area contributed by atoms with Crippen LogP contribution in [0.3, 0.4) is 0 Å². The Balaban J connectivity index is 1.28. The van der Waals surface area contributed by atoms with Gasteiger partial charge in [-0.05, 0) is 86.4 Å². The molecule has 2 N–H and O–H groups in total. The summed E-state index contributed by atoms with van der Waals surface area (Å²) in [4.78, 5) is 5.23. The summed E-state index contributed by atoms with van der Waals surface area (Å²) < 4.78 is 22.1. The van der Waals surface area contributed by atoms with Crippen LogP contribution in [-0.4, -0.2) is 52.4 Å². The van der Waals surface area contributed by atoms with Crippen molar-refractivity contribution < 1.29 is 8.76 Å². The lowest BCUT2D eigenvalue weighted by molar-refractivity contribution is 0.0877. The molecule has 32 heavy (non-hydrogen) atoms. The first kappa shape index (κ1) is 22.1. The van der Waals surface area contributed by atoms with Gasteiger partial charge in [-0.2, -0.15) is 0 Å². The third kappa shape index (κ3) is 4.93. The van der Waals surface area contributed by atoms with E-state index < -0.39 is 11.3 Å². The van der Waals surface area contributed by atoms with Crippen LogP contribution in [0.4, 0.5) is 5.69 Å². The van der Waals surface area contributed by atoms with Gasteiger partial charge in [0.05, 0.1) is 0 Å². The van der Waals surface area contributed by atoms with E-state index in [2.05, 4.69) is 63.1 Å². The molecule has 2 saturated heterocycles. The summed E-state index contributed by atoms with van der Waals surface area (Å²) in [6, 6.07) is 18.9. The van der Waals surface area contributed by atoms with Gasteiger partial charge in [0.15, 0.2) is 0 Å². The number of hydrogen-bond donors (Lipinski definition) is 2. The summed E-state index contributed by atoms with van der Waals surface area (Å²) >= 11 is -1.89. The van der Waals surface area contributed by atoms with Gasteiger partial charge in [0.1, 0.15) is 0 Å². The number of anilines is 1. The number of likely N-dealkylation sites (tertiary alicyclic amines) is 1. The molecule has 2 fully saturated rings. The molecule has 1 unspecified atom stereocenters. The van der Waals surface area contributed by atoms with E-state index in [9.17, 15) is 4.21 Å². The Hall–Kier alpha value is -1.73. The Bertz CT molecular complexity index is 928. The average Bonchev–Trinajstić information content (AvgIpc) is 2.73. The standard InChI is InChI=1S/C26H35N3O2S/c30-32(31)27-13-4-8-21-18-29(19-21)23-11-9-22-10-12-26(28-14-5-15-28)25(24(22)17-23)16-20-6-2-1-3-7-20/h1-3,6-7,9,11,17,21,25-27H,4-5,8,10,12-16,18-19H2,(H,30,31)/t25-,26+/m1/s1. The van der Waals surface area contributed by atoms with Gasteiger partial charge < -0.3 is 4.90 Å². The fourth-order valence-corrected chi connectivity index (χ4v) is 6.12. The molecular weight excluding hydrogens is 418 g/mol. The molecule has 0 aromatic heterocycles. The first-order valence-corrected chi connectivity index (χ1v) is 13.3. The summed E-state index contributed by atoms with van der Waals surface area (Å²) in [5.41, 5.74) is 5.94. The van der Waals surface area contributed by atoms with Crippen molar-refractivity contribution >= 4 is 17.0 Å². The van der Waals surface area contributed by atoms with Crippen LogP contribution in [0.15, 0.2) is 48.5 Å². The maximum Gasteiger partial charge on any atom is 0.231 e. The lowest BCUT2D eigenvalue weighted by Gasteiger charge is -2.46. The quantitative estimate of drug-likeness (QED) is 0.446. The Morgan fingerprint density at radius 2 is 1.91 bits per heavy atom. The molecule has 0 bridgehead atoms. The Morgan fingerprint density at radius 3 is 2.62 bits per heavy atom. The highest BCUT2D eigenvalue weighted by molar-refractivity contribution is 7.77. The molecule has 2 aromatic carbocycles. The van der Waals surface area contributed by atoms with Crippen LogP contribution >= 0.6 is 0 Å². The first-order chi connectivity index (χ1) is 15.7. The molecule has 0 saturated carbocycles. The first-order valence-electron chi connectivity index (χ1n) is 12.2. The van der Waals surface area contributed by atoms with Crippen molar-refractivity contribution in [2.24, 2.45) is 5.92 Å². The van der Waals surface area contributed by atoms with Crippen LogP contribution in [0.5, 0.6) is 0 Å². The fourth-order valence-electron chi connectivity index (χ4n) is 5.80. The summed E-state index contributed by atoms with van der Waals surface area (Å²) in [5.74, 6) is 1.26. The Morgan fingerprint density at radius 1 is 1.09 bits per heavy atom. The maximum absolute atomic E-state index is 10.7. The molecular formula is C26H35N3O2S. The molecule has 2 heterocycles. The molecule has 2 aromatic rings. The minimum absolute atomic E-state index is 0.573. The van der Waals surface area contributed by atoms with E-state index in [1.165, 1.54) is 43.6 Å². The lowest BCUT2D eigenvalue weighted by Crippen LogP contribution is -2.50. The van der Waals surface area contributed by atoms with Crippen LogP contribution in [0.2, 0.25) is 0 Å². The molecule has 2 aliphatic heterocycles. The van der Waals surface area contributed by atoms with Gasteiger partial charge in [-0.1, -0.05) is 36.4 Å². The van der Waals surface area contributed by atoms with Crippen LogP contribution < -0.4 is 9.62 Å². The van der Waals surface area contributed by atoms with Crippen LogP contribution in [0.1, 0.15) is 48.3 Å². The Labute approximate surface area is 194 Å². The van der Waals surface area contributed by atoms with E-state index in [0.717, 1.165) is 32.4 Å². The van der Waals surface area contributed by atoms with Gasteiger partial charge >= 0.3 is 0 Å². The summed E-state index contributed by atoms with van der Waals surface area (Å²) in [6.07, 6.45) is 7.01. The molecule has 6 heteroatoms. The zero-order chi connectivity index (χ0) is 21.9. The van der Waals surface area contributed by atoms with Crippen molar-refractivity contribution in [2.45, 2.75) is 50.5 Å². The highest BCUT2D eigenvalue weighted by Crippen LogP contribution is 2.41. The van der Waals surface area contributed by atoms with Gasteiger partial charge in [0, 0.05) is 37.3 Å². The predicted molar refractivity (Wildman–Crippen MR) is 131 cm³/mol. The molecule has 0 radical (unpaired) electrons. The largest absolute Gasteiger partial charge is 0.371 e. The number of aryl methyl sites for hydroxylation is 1. The molecule has 0 amide bonds. The van der Waals surface area contributed by atoms with Crippen LogP contribution in [0, 0.1) is 5.92 Å². The van der Waals surface area contributed by atoms with E-state index in [1.54, 1.807) is 11.1 Å². The number of nitrogens with one attached hydrogen (secondary N) is 1. The van der Waals surface area contributed by atoms with Crippen LogP contribution in [-0.2, 0) is 24.1 Å². The van der Waals surface area contributed by atoms with Gasteiger partial charge in [0.25, 0.3) is 0 Å². The molecule has 1 aliphatic carbocycles. The maximum atomic E-state index is 10.7. The minimum Gasteiger partial charge on any atom is -0.371 e. The average molecular weight is 454 g/mol. The van der Waals surface area contributed by atoms with Gasteiger partial charge in [0.2, 0.25) is 11.3 Å². The van der Waals surface area contributed by atoms with E-state index in [4.69, 9.17) is 4.55 Å². The van der Waals surface area contributed by atoms with Crippen molar-refractivity contribution in [1.82, 2.24) is 9.62 Å². The molecule has 3 atom stereocenters. The number of fused-ring (bicyclic) bond motifs is 1. The topological polar surface area (TPSA) is 55.8 Å². The van der Waals surface area contributed by atoms with E-state index >= 15 is 0 Å². The van der Waals surface area contributed by atoms with Crippen molar-refractivity contribution in [2.75, 3.05) is 37.6 Å². The molecule has 3 aliphatic rings. The SMILES string of the molecule is O=S(O)NCCCC1CN(c2ccc3c(c2)[C@@H](Cc2ccccc2)[C@@H](N2CCC2)CC3)C1. The van der Waals surface area contributed by atoms with Crippen LogP contribution in [0.25, 0.3) is 0 Å². The van der Waals surface area contributed by atoms with Gasteiger partial charge in [-0.25, -0.2) is 8.93 Å². The highest BCUT2D eigenvalue weighted by atomic mass is 32.2. The van der Waals surface area contributed by atoms with E-state index in [0.29, 0.717) is 24.4 Å². The number of nitrogens with zero attached hydrogens (tertiary/aromatic N) is 2. The number of benzene rings is 2. The smallest absolute Gasteiger partial charge is 0.231 e. The molecule has 5 rings (SSSR count). The number of hydrogen-bond acceptors (Lipinski definition) is 3. The van der Waals surface area contributed by atoms with Crippen molar-refractivity contribution in [3.05, 3.63) is 65.2 Å². The third-order valence-corrected chi connectivity index (χ3v) is 8.15. The van der Waals surface area contributed by atoms with Gasteiger partial charge in [-0.15, -0.1) is 0 Å². The minimum atomic E-state index is -1.89. The summed E-state index contributed by atoms with van der Waals surface area (Å²) in [7, 11) is 0. The monoisotopic (exact) mass is 453 g/mol. The fraction of sp³-hybridized carbons (Fsp3) is 0.538. The second-order valence-corrected chi connectivity index (χ2v) is 10.5. The summed E-state index contributed by atoms with van der Waals surface area (Å²) in [6.45, 7) is 5.33. The lowest BCUT2D eigenvalue weighted by atomic mass is 9.74. The van der Waals surface area contributed by atoms with E-state index in [-0.39, 0.29) is 0 Å². The predicted octanol–water partition coefficient (Wildman–Crippen LogP) is 3.98. The third-order valence-electron chi connectivity index (χ3n) is 7.70. The Kier molecular flexibility index (Phi) is 6.93. The second kappa shape index (κ2) is 10.0.